The van der Waals surface area contributed by atoms with Gasteiger partial charge in [-0.15, -0.1) is 5.10 Å². The van der Waals surface area contributed by atoms with Crippen molar-refractivity contribution in [3.63, 3.8) is 0 Å². The number of methoxy groups -OCH3 is 1. The monoisotopic (exact) mass is 356 g/mol. The van der Waals surface area contributed by atoms with Crippen LogP contribution in [0.1, 0.15) is 21.7 Å². The third-order valence-electron chi connectivity index (χ3n) is 3.78. The van der Waals surface area contributed by atoms with Gasteiger partial charge in [0.1, 0.15) is 5.75 Å². The Morgan fingerprint density at radius 1 is 1.24 bits per heavy atom. The average molecular weight is 357 g/mol. The number of benzene rings is 2. The summed E-state index contributed by atoms with van der Waals surface area (Å²) >= 11 is 5.99. The third kappa shape index (κ3) is 3.80. The van der Waals surface area contributed by atoms with E-state index in [0.717, 1.165) is 5.56 Å². The Kier molecular flexibility index (Phi) is 5.00. The number of nitrogens with zero attached hydrogens (tertiary/aromatic N) is 3. The van der Waals surface area contributed by atoms with Gasteiger partial charge in [0.25, 0.3) is 5.91 Å². The smallest absolute Gasteiger partial charge is 0.278 e. The second-order valence-electron chi connectivity index (χ2n) is 5.47. The Morgan fingerprint density at radius 3 is 2.72 bits per heavy atom. The van der Waals surface area contributed by atoms with Gasteiger partial charge in [0.15, 0.2) is 5.69 Å². The molecule has 0 radical (unpaired) electrons. The minimum absolute atomic E-state index is 0.262. The molecule has 0 saturated heterocycles. The molecule has 2 aromatic carbocycles. The summed E-state index contributed by atoms with van der Waals surface area (Å²) in [4.78, 5) is 12.6. The van der Waals surface area contributed by atoms with Crippen molar-refractivity contribution < 1.29 is 9.53 Å². The molecule has 0 saturated carbocycles. The second-order valence-corrected chi connectivity index (χ2v) is 5.90. The number of carbonyl (C=O) groups is 1. The number of hydrogen-bond acceptors (Lipinski definition) is 4. The van der Waals surface area contributed by atoms with Crippen LogP contribution in [0, 0.1) is 6.92 Å². The zero-order valence-electron chi connectivity index (χ0n) is 13.9. The number of carbonyl (C=O) groups excluding carboxylic acids is 1. The molecule has 3 rings (SSSR count). The van der Waals surface area contributed by atoms with E-state index in [1.165, 1.54) is 7.11 Å². The van der Waals surface area contributed by atoms with Crippen LogP contribution in [0.3, 0.4) is 0 Å². The number of ether oxygens (including phenoxy) is 1. The first-order chi connectivity index (χ1) is 12.1. The quantitative estimate of drug-likeness (QED) is 0.759. The molecule has 0 fully saturated rings. The predicted octanol–water partition coefficient (Wildman–Crippen LogP) is 3.55. The van der Waals surface area contributed by atoms with Crippen LogP contribution in [0.5, 0.6) is 5.75 Å². The molecule has 1 N–H and O–H groups in total. The number of rotatable bonds is 5. The molecule has 0 atom stereocenters. The van der Waals surface area contributed by atoms with Crippen LogP contribution in [0.25, 0.3) is 0 Å². The summed E-state index contributed by atoms with van der Waals surface area (Å²) in [6, 6.07) is 14.9. The molecule has 1 heterocycles. The lowest BCUT2D eigenvalue weighted by atomic mass is 10.2. The van der Waals surface area contributed by atoms with Crippen molar-refractivity contribution in [3.05, 3.63) is 70.5 Å². The third-order valence-corrected chi connectivity index (χ3v) is 4.02. The highest BCUT2D eigenvalue weighted by molar-refractivity contribution is 6.31. The van der Waals surface area contributed by atoms with Crippen molar-refractivity contribution in [1.29, 1.82) is 0 Å². The van der Waals surface area contributed by atoms with Crippen molar-refractivity contribution in [2.45, 2.75) is 13.5 Å². The molecule has 1 amide bonds. The molecule has 0 aliphatic carbocycles. The molecular formula is C18H17ClN4O2. The summed E-state index contributed by atoms with van der Waals surface area (Å²) in [6.45, 7) is 2.36. The van der Waals surface area contributed by atoms with E-state index in [-0.39, 0.29) is 11.6 Å². The summed E-state index contributed by atoms with van der Waals surface area (Å²) in [5.41, 5.74) is 2.51. The molecule has 0 aliphatic heterocycles. The minimum Gasteiger partial charge on any atom is -0.495 e. The maximum atomic E-state index is 12.6. The van der Waals surface area contributed by atoms with Crippen LogP contribution in [-0.4, -0.2) is 28.0 Å². The lowest BCUT2D eigenvalue weighted by molar-refractivity contribution is 0.102. The second kappa shape index (κ2) is 7.36. The number of anilines is 1. The molecule has 0 spiro atoms. The van der Waals surface area contributed by atoms with Crippen LogP contribution >= 0.6 is 11.6 Å². The first-order valence-corrected chi connectivity index (χ1v) is 8.05. The van der Waals surface area contributed by atoms with Gasteiger partial charge in [-0.2, -0.15) is 0 Å². The van der Waals surface area contributed by atoms with Gasteiger partial charge in [0.2, 0.25) is 0 Å². The predicted molar refractivity (Wildman–Crippen MR) is 96.3 cm³/mol. The Balaban J connectivity index is 1.81. The minimum atomic E-state index is -0.364. The molecule has 128 valence electrons. The van der Waals surface area contributed by atoms with Crippen LogP contribution in [0.2, 0.25) is 5.02 Å². The van der Waals surface area contributed by atoms with E-state index in [1.807, 2.05) is 37.3 Å². The Bertz CT molecular complexity index is 893. The maximum Gasteiger partial charge on any atom is 0.278 e. The Labute approximate surface area is 150 Å². The number of halogens is 1. The maximum absolute atomic E-state index is 12.6. The normalized spacial score (nSPS) is 10.5. The van der Waals surface area contributed by atoms with Gasteiger partial charge in [0.05, 0.1) is 25.0 Å². The van der Waals surface area contributed by atoms with Crippen molar-refractivity contribution in [1.82, 2.24) is 15.0 Å². The average Bonchev–Trinajstić information content (AvgIpc) is 2.97. The first-order valence-electron chi connectivity index (χ1n) is 7.67. The van der Waals surface area contributed by atoms with Gasteiger partial charge in [-0.1, -0.05) is 47.1 Å². The van der Waals surface area contributed by atoms with Crippen molar-refractivity contribution in [2.75, 3.05) is 12.4 Å². The van der Waals surface area contributed by atoms with E-state index in [4.69, 9.17) is 16.3 Å². The van der Waals surface area contributed by atoms with E-state index in [1.54, 1.807) is 22.9 Å². The number of aromatic nitrogens is 3. The fraction of sp³-hybridized carbons (Fsp3) is 0.167. The topological polar surface area (TPSA) is 69.0 Å². The van der Waals surface area contributed by atoms with E-state index < -0.39 is 0 Å². The molecule has 0 aliphatic rings. The molecule has 3 aromatic rings. The van der Waals surface area contributed by atoms with Crippen LogP contribution in [0.4, 0.5) is 5.69 Å². The molecular weight excluding hydrogens is 340 g/mol. The molecule has 0 bridgehead atoms. The molecule has 25 heavy (non-hydrogen) atoms. The molecule has 1 aromatic heterocycles. The molecule has 0 unspecified atom stereocenters. The van der Waals surface area contributed by atoms with Gasteiger partial charge < -0.3 is 10.1 Å². The standard InChI is InChI=1S/C18H17ClN4O2/c1-12-17(21-22-23(12)11-13-6-4-3-5-7-13)18(24)20-15-10-14(19)8-9-16(15)25-2/h3-10H,11H2,1-2H3,(H,20,24). The lowest BCUT2D eigenvalue weighted by Crippen LogP contribution is -2.15. The number of nitrogens with one attached hydrogen (secondary N) is 1. The molecule has 6 nitrogen and oxygen atoms in total. The zero-order valence-corrected chi connectivity index (χ0v) is 14.6. The number of amides is 1. The highest BCUT2D eigenvalue weighted by Gasteiger charge is 2.18. The van der Waals surface area contributed by atoms with Crippen LogP contribution in [0.15, 0.2) is 48.5 Å². The van der Waals surface area contributed by atoms with Crippen molar-refractivity contribution >= 4 is 23.2 Å². The van der Waals surface area contributed by atoms with E-state index in [0.29, 0.717) is 28.7 Å². The van der Waals surface area contributed by atoms with E-state index >= 15 is 0 Å². The first kappa shape index (κ1) is 17.0. The summed E-state index contributed by atoms with van der Waals surface area (Å²) in [7, 11) is 1.53. The summed E-state index contributed by atoms with van der Waals surface area (Å²) < 4.78 is 6.93. The number of hydrogen-bond donors (Lipinski definition) is 1. The summed E-state index contributed by atoms with van der Waals surface area (Å²) in [5.74, 6) is 0.157. The van der Waals surface area contributed by atoms with Gasteiger partial charge in [-0.05, 0) is 30.7 Å². The van der Waals surface area contributed by atoms with Gasteiger partial charge in [0, 0.05) is 5.02 Å². The SMILES string of the molecule is COc1ccc(Cl)cc1NC(=O)c1nnn(Cc2ccccc2)c1C. The van der Waals surface area contributed by atoms with Crippen molar-refractivity contribution in [3.8, 4) is 5.75 Å². The highest BCUT2D eigenvalue weighted by Crippen LogP contribution is 2.28. The highest BCUT2D eigenvalue weighted by atomic mass is 35.5. The summed E-state index contributed by atoms with van der Waals surface area (Å²) in [6.07, 6.45) is 0. The Hall–Kier alpha value is -2.86. The van der Waals surface area contributed by atoms with E-state index in [9.17, 15) is 4.79 Å². The van der Waals surface area contributed by atoms with Crippen molar-refractivity contribution in [2.24, 2.45) is 0 Å². The van der Waals surface area contributed by atoms with Crippen LogP contribution in [-0.2, 0) is 6.54 Å². The zero-order chi connectivity index (χ0) is 17.8. The molecule has 7 heteroatoms. The van der Waals surface area contributed by atoms with Gasteiger partial charge >= 0.3 is 0 Å². The lowest BCUT2D eigenvalue weighted by Gasteiger charge is -2.10. The largest absolute Gasteiger partial charge is 0.495 e. The van der Waals surface area contributed by atoms with Crippen LogP contribution < -0.4 is 10.1 Å². The Morgan fingerprint density at radius 2 is 2.00 bits per heavy atom. The fourth-order valence-electron chi connectivity index (χ4n) is 2.44. The van der Waals surface area contributed by atoms with Gasteiger partial charge in [-0.3, -0.25) is 4.79 Å². The fourth-order valence-corrected chi connectivity index (χ4v) is 2.61. The summed E-state index contributed by atoms with van der Waals surface area (Å²) in [5, 5.41) is 11.4. The van der Waals surface area contributed by atoms with Gasteiger partial charge in [-0.25, -0.2) is 4.68 Å². The van der Waals surface area contributed by atoms with E-state index in [2.05, 4.69) is 15.6 Å².